The zero-order chi connectivity index (χ0) is 14.0. The molecule has 0 amide bonds. The van der Waals surface area contributed by atoms with E-state index in [1.54, 1.807) is 6.92 Å². The second-order valence-corrected chi connectivity index (χ2v) is 4.95. The molecule has 102 valence electrons. The second kappa shape index (κ2) is 5.55. The Bertz CT molecular complexity index is 605. The van der Waals surface area contributed by atoms with Gasteiger partial charge in [-0.05, 0) is 43.9 Å². The molecule has 2 nitrogen and oxygen atoms in total. The predicted molar refractivity (Wildman–Crippen MR) is 79.3 cm³/mol. The summed E-state index contributed by atoms with van der Waals surface area (Å²) in [6.45, 7) is 8.97. The number of nitrogens with zero attached hydrogens (tertiary/aromatic N) is 1. The molecule has 0 aliphatic heterocycles. The molecule has 1 aromatic heterocycles. The highest BCUT2D eigenvalue weighted by molar-refractivity contribution is 5.94. The largest absolute Gasteiger partial charge is 0.384 e. The smallest absolute Gasteiger partial charge is 0.128 e. The number of aryl methyl sites for hydroxylation is 2. The van der Waals surface area contributed by atoms with E-state index in [0.29, 0.717) is 5.56 Å². The summed E-state index contributed by atoms with van der Waals surface area (Å²) in [4.78, 5) is 4.54. The van der Waals surface area contributed by atoms with E-state index in [1.165, 1.54) is 11.6 Å². The lowest BCUT2D eigenvalue weighted by atomic mass is 10.0. The minimum atomic E-state index is -0.190. The Morgan fingerprint density at radius 3 is 2.58 bits per heavy atom. The van der Waals surface area contributed by atoms with E-state index in [9.17, 15) is 4.39 Å². The highest BCUT2D eigenvalue weighted by Crippen LogP contribution is 2.30. The van der Waals surface area contributed by atoms with Crippen molar-refractivity contribution in [3.05, 3.63) is 34.8 Å². The molecular formula is C16H21FN2. The average molecular weight is 260 g/mol. The van der Waals surface area contributed by atoms with E-state index in [1.807, 2.05) is 13.0 Å². The van der Waals surface area contributed by atoms with Crippen LogP contribution in [-0.2, 0) is 6.42 Å². The molecule has 0 radical (unpaired) electrons. The third-order valence-corrected chi connectivity index (χ3v) is 3.48. The van der Waals surface area contributed by atoms with Crippen LogP contribution in [0.3, 0.4) is 0 Å². The maximum Gasteiger partial charge on any atom is 0.128 e. The Morgan fingerprint density at radius 2 is 1.95 bits per heavy atom. The first kappa shape index (κ1) is 13.8. The van der Waals surface area contributed by atoms with Crippen LogP contribution in [0.15, 0.2) is 12.1 Å². The van der Waals surface area contributed by atoms with Crippen molar-refractivity contribution in [2.24, 2.45) is 0 Å². The fraction of sp³-hybridized carbons (Fsp3) is 0.438. The molecule has 0 saturated heterocycles. The number of aromatic nitrogens is 1. The van der Waals surface area contributed by atoms with Gasteiger partial charge in [-0.1, -0.05) is 13.8 Å². The molecular weight excluding hydrogens is 239 g/mol. The van der Waals surface area contributed by atoms with Crippen molar-refractivity contribution in [3.8, 4) is 0 Å². The summed E-state index contributed by atoms with van der Waals surface area (Å²) in [6, 6.07) is 3.43. The van der Waals surface area contributed by atoms with Gasteiger partial charge >= 0.3 is 0 Å². The summed E-state index contributed by atoms with van der Waals surface area (Å²) >= 11 is 0. The first-order chi connectivity index (χ1) is 9.08. The summed E-state index contributed by atoms with van der Waals surface area (Å²) in [5.41, 5.74) is 4.73. The Labute approximate surface area is 114 Å². The molecule has 0 saturated carbocycles. The van der Waals surface area contributed by atoms with E-state index in [4.69, 9.17) is 0 Å². The quantitative estimate of drug-likeness (QED) is 0.882. The molecule has 0 aliphatic rings. The van der Waals surface area contributed by atoms with Gasteiger partial charge in [0, 0.05) is 29.4 Å². The summed E-state index contributed by atoms with van der Waals surface area (Å²) in [5, 5.41) is 4.50. The number of benzene rings is 1. The van der Waals surface area contributed by atoms with Crippen LogP contribution in [0.25, 0.3) is 10.9 Å². The van der Waals surface area contributed by atoms with Gasteiger partial charge < -0.3 is 5.32 Å². The van der Waals surface area contributed by atoms with Crippen LogP contribution in [0, 0.1) is 19.7 Å². The molecule has 19 heavy (non-hydrogen) atoms. The average Bonchev–Trinajstić information content (AvgIpc) is 2.38. The van der Waals surface area contributed by atoms with E-state index < -0.39 is 0 Å². The number of anilines is 1. The number of nitrogens with one attached hydrogen (secondary N) is 1. The first-order valence-corrected chi connectivity index (χ1v) is 6.91. The minimum absolute atomic E-state index is 0.190. The second-order valence-electron chi connectivity index (χ2n) is 4.95. The Morgan fingerprint density at radius 1 is 1.21 bits per heavy atom. The van der Waals surface area contributed by atoms with Crippen molar-refractivity contribution >= 4 is 16.6 Å². The summed E-state index contributed by atoms with van der Waals surface area (Å²) in [7, 11) is 0. The lowest BCUT2D eigenvalue weighted by molar-refractivity contribution is 0.620. The fourth-order valence-electron chi connectivity index (χ4n) is 2.44. The van der Waals surface area contributed by atoms with Crippen molar-refractivity contribution < 1.29 is 4.39 Å². The highest BCUT2D eigenvalue weighted by atomic mass is 19.1. The van der Waals surface area contributed by atoms with Crippen LogP contribution >= 0.6 is 0 Å². The van der Waals surface area contributed by atoms with E-state index >= 15 is 0 Å². The number of hydrogen-bond donors (Lipinski definition) is 1. The van der Waals surface area contributed by atoms with Gasteiger partial charge in [-0.2, -0.15) is 0 Å². The number of halogens is 1. The maximum absolute atomic E-state index is 13.7. The molecule has 0 unspecified atom stereocenters. The normalized spacial score (nSPS) is 11.0. The van der Waals surface area contributed by atoms with Crippen molar-refractivity contribution in [3.63, 3.8) is 0 Å². The number of fused-ring (bicyclic) bond motifs is 1. The summed E-state index contributed by atoms with van der Waals surface area (Å²) < 4.78 is 13.7. The lowest BCUT2D eigenvalue weighted by Crippen LogP contribution is -2.07. The Hall–Kier alpha value is -1.64. The molecule has 0 fully saturated rings. The molecule has 2 rings (SSSR count). The molecule has 3 heteroatoms. The van der Waals surface area contributed by atoms with Crippen LogP contribution in [0.2, 0.25) is 0 Å². The molecule has 1 heterocycles. The van der Waals surface area contributed by atoms with Gasteiger partial charge in [0.15, 0.2) is 0 Å². The van der Waals surface area contributed by atoms with Gasteiger partial charge in [-0.3, -0.25) is 4.98 Å². The summed E-state index contributed by atoms with van der Waals surface area (Å²) in [6.07, 6.45) is 1.99. The topological polar surface area (TPSA) is 24.9 Å². The van der Waals surface area contributed by atoms with Crippen molar-refractivity contribution in [2.75, 3.05) is 11.9 Å². The zero-order valence-corrected chi connectivity index (χ0v) is 12.1. The Kier molecular flexibility index (Phi) is 4.03. The van der Waals surface area contributed by atoms with Crippen LogP contribution < -0.4 is 5.32 Å². The highest BCUT2D eigenvalue weighted by Gasteiger charge is 2.12. The number of hydrogen-bond acceptors (Lipinski definition) is 2. The van der Waals surface area contributed by atoms with Crippen LogP contribution in [-0.4, -0.2) is 11.5 Å². The molecule has 0 aliphatic carbocycles. The molecule has 0 spiro atoms. The van der Waals surface area contributed by atoms with Gasteiger partial charge in [-0.25, -0.2) is 4.39 Å². The third kappa shape index (κ3) is 2.55. The standard InChI is InChI=1S/C16H21FN2/c1-5-7-18-16-12(6-2)11(4)19-15-9-14(17)10(3)8-13(15)16/h8-9H,5-7H2,1-4H3,(H,18,19). The maximum atomic E-state index is 13.7. The van der Waals surface area contributed by atoms with E-state index in [2.05, 4.69) is 24.1 Å². The minimum Gasteiger partial charge on any atom is -0.384 e. The summed E-state index contributed by atoms with van der Waals surface area (Å²) in [5.74, 6) is -0.190. The lowest BCUT2D eigenvalue weighted by Gasteiger charge is -2.16. The Balaban J connectivity index is 2.73. The van der Waals surface area contributed by atoms with E-state index in [-0.39, 0.29) is 5.82 Å². The monoisotopic (exact) mass is 260 g/mol. The van der Waals surface area contributed by atoms with Crippen LogP contribution in [0.1, 0.15) is 37.1 Å². The first-order valence-electron chi connectivity index (χ1n) is 6.91. The van der Waals surface area contributed by atoms with Gasteiger partial charge in [0.05, 0.1) is 5.52 Å². The van der Waals surface area contributed by atoms with Gasteiger partial charge in [0.1, 0.15) is 5.82 Å². The molecule has 2 aromatic rings. The number of rotatable bonds is 4. The van der Waals surface area contributed by atoms with Crippen molar-refractivity contribution in [1.29, 1.82) is 0 Å². The van der Waals surface area contributed by atoms with Crippen molar-refractivity contribution in [2.45, 2.75) is 40.5 Å². The van der Waals surface area contributed by atoms with Gasteiger partial charge in [0.2, 0.25) is 0 Å². The van der Waals surface area contributed by atoms with E-state index in [0.717, 1.165) is 41.7 Å². The number of pyridine rings is 1. The molecule has 0 bridgehead atoms. The van der Waals surface area contributed by atoms with Crippen LogP contribution in [0.5, 0.6) is 0 Å². The van der Waals surface area contributed by atoms with Gasteiger partial charge in [0.25, 0.3) is 0 Å². The fourth-order valence-corrected chi connectivity index (χ4v) is 2.44. The molecule has 0 atom stereocenters. The van der Waals surface area contributed by atoms with Crippen molar-refractivity contribution in [1.82, 2.24) is 4.98 Å². The SMILES string of the molecule is CCCNc1c(CC)c(C)nc2cc(F)c(C)cc12. The zero-order valence-electron chi connectivity index (χ0n) is 12.1. The molecule has 1 aromatic carbocycles. The molecule has 1 N–H and O–H groups in total. The van der Waals surface area contributed by atoms with Crippen LogP contribution in [0.4, 0.5) is 10.1 Å². The van der Waals surface area contributed by atoms with Gasteiger partial charge in [-0.15, -0.1) is 0 Å². The predicted octanol–water partition coefficient (Wildman–Crippen LogP) is 4.38. The third-order valence-electron chi connectivity index (χ3n) is 3.48.